The van der Waals surface area contributed by atoms with E-state index in [2.05, 4.69) is 40.1 Å². The van der Waals surface area contributed by atoms with Crippen molar-refractivity contribution in [3.05, 3.63) is 43.1 Å². The van der Waals surface area contributed by atoms with Gasteiger partial charge in [0.2, 0.25) is 0 Å². The van der Waals surface area contributed by atoms with E-state index in [1.807, 2.05) is 19.3 Å². The summed E-state index contributed by atoms with van der Waals surface area (Å²) < 4.78 is 0. The lowest BCUT2D eigenvalue weighted by Crippen LogP contribution is -2.44. The normalized spacial score (nSPS) is 25.3. The average molecular weight is 258 g/mol. The van der Waals surface area contributed by atoms with Crippen LogP contribution in [0.4, 0.5) is 0 Å². The molecule has 1 N–H and O–H groups in total. The van der Waals surface area contributed by atoms with Crippen LogP contribution >= 0.6 is 0 Å². The Hall–Kier alpha value is -1.68. The number of aromatic nitrogens is 2. The van der Waals surface area contributed by atoms with Crippen LogP contribution in [0.25, 0.3) is 0 Å². The second-order valence-electron chi connectivity index (χ2n) is 5.08. The molecule has 0 aliphatic carbocycles. The van der Waals surface area contributed by atoms with Crippen molar-refractivity contribution in [3.8, 4) is 0 Å². The van der Waals surface area contributed by atoms with Gasteiger partial charge < -0.3 is 4.98 Å². The highest BCUT2D eigenvalue weighted by atomic mass is 15.2. The fourth-order valence-corrected chi connectivity index (χ4v) is 2.83. The zero-order chi connectivity index (χ0) is 13.8. The second kappa shape index (κ2) is 5.97. The number of piperidine rings is 1. The van der Waals surface area contributed by atoms with E-state index in [1.165, 1.54) is 6.42 Å². The molecule has 1 aliphatic heterocycles. The van der Waals surface area contributed by atoms with Crippen molar-refractivity contribution >= 4 is 5.71 Å². The van der Waals surface area contributed by atoms with Crippen LogP contribution in [0.15, 0.2) is 42.3 Å². The second-order valence-corrected chi connectivity index (χ2v) is 5.08. The van der Waals surface area contributed by atoms with Crippen LogP contribution in [0.1, 0.15) is 38.1 Å². The molecule has 0 aromatic carbocycles. The Morgan fingerprint density at radius 2 is 2.37 bits per heavy atom. The van der Waals surface area contributed by atoms with E-state index in [0.29, 0.717) is 12.1 Å². The third-order valence-corrected chi connectivity index (χ3v) is 3.76. The van der Waals surface area contributed by atoms with Crippen LogP contribution in [0.5, 0.6) is 0 Å². The van der Waals surface area contributed by atoms with Gasteiger partial charge in [-0.3, -0.25) is 9.89 Å². The van der Waals surface area contributed by atoms with E-state index in [4.69, 9.17) is 0 Å². The number of likely N-dealkylation sites (tertiary alicyclic amines) is 1. The van der Waals surface area contributed by atoms with Crippen molar-refractivity contribution in [1.82, 2.24) is 14.9 Å². The van der Waals surface area contributed by atoms with Gasteiger partial charge in [0.05, 0.1) is 17.8 Å². The molecule has 0 saturated carbocycles. The molecule has 0 bridgehead atoms. The van der Waals surface area contributed by atoms with Gasteiger partial charge in [0.15, 0.2) is 0 Å². The Labute approximate surface area is 115 Å². The molecule has 102 valence electrons. The lowest BCUT2D eigenvalue weighted by Gasteiger charge is -2.39. The van der Waals surface area contributed by atoms with Crippen molar-refractivity contribution in [2.45, 2.75) is 38.3 Å². The Morgan fingerprint density at radius 1 is 1.58 bits per heavy atom. The quantitative estimate of drug-likeness (QED) is 0.843. The summed E-state index contributed by atoms with van der Waals surface area (Å²) >= 11 is 0. The van der Waals surface area contributed by atoms with E-state index in [9.17, 15) is 0 Å². The molecule has 2 atom stereocenters. The highest BCUT2D eigenvalue weighted by Gasteiger charge is 2.32. The molecular weight excluding hydrogens is 236 g/mol. The van der Waals surface area contributed by atoms with Crippen LogP contribution in [0.3, 0.4) is 0 Å². The molecule has 1 aliphatic rings. The van der Waals surface area contributed by atoms with E-state index in [1.54, 1.807) is 6.20 Å². The van der Waals surface area contributed by atoms with Crippen molar-refractivity contribution in [2.24, 2.45) is 4.99 Å². The minimum absolute atomic E-state index is 0.291. The predicted octanol–water partition coefficient (Wildman–Crippen LogP) is 3.10. The number of aromatic amines is 1. The summed E-state index contributed by atoms with van der Waals surface area (Å²) in [5.41, 5.74) is 2.05. The summed E-state index contributed by atoms with van der Waals surface area (Å²) in [6.07, 6.45) is 8.69. The molecule has 1 fully saturated rings. The maximum atomic E-state index is 4.42. The molecular formula is C15H22N4. The molecule has 2 rings (SSSR count). The van der Waals surface area contributed by atoms with Gasteiger partial charge in [-0.05, 0) is 38.8 Å². The predicted molar refractivity (Wildman–Crippen MR) is 79.2 cm³/mol. The number of hydrogen-bond acceptors (Lipinski definition) is 3. The topological polar surface area (TPSA) is 44.3 Å². The molecule has 19 heavy (non-hydrogen) atoms. The molecule has 2 heterocycles. The summed E-state index contributed by atoms with van der Waals surface area (Å²) in [7, 11) is 2.14. The lowest BCUT2D eigenvalue weighted by atomic mass is 9.90. The van der Waals surface area contributed by atoms with Crippen molar-refractivity contribution < 1.29 is 0 Å². The Morgan fingerprint density at radius 3 is 2.95 bits per heavy atom. The molecule has 4 nitrogen and oxygen atoms in total. The molecule has 1 saturated heterocycles. The Kier molecular flexibility index (Phi) is 4.32. The number of hydrogen-bond donors (Lipinski definition) is 1. The fourth-order valence-electron chi connectivity index (χ4n) is 2.83. The first kappa shape index (κ1) is 13.7. The zero-order valence-corrected chi connectivity index (χ0v) is 11.8. The molecule has 4 heteroatoms. The minimum Gasteiger partial charge on any atom is -0.347 e. The molecule has 0 amide bonds. The number of aliphatic imine (C=N–C) groups is 1. The van der Waals surface area contributed by atoms with Gasteiger partial charge in [-0.2, -0.15) is 0 Å². The highest BCUT2D eigenvalue weighted by molar-refractivity contribution is 6.03. The number of nitrogens with one attached hydrogen (secondary N) is 1. The Bertz CT molecular complexity index is 472. The van der Waals surface area contributed by atoms with Crippen molar-refractivity contribution in [1.29, 1.82) is 0 Å². The monoisotopic (exact) mass is 258 g/mol. The summed E-state index contributed by atoms with van der Waals surface area (Å²) in [4.78, 5) is 14.4. The smallest absolute Gasteiger partial charge is 0.123 e. The number of rotatable bonds is 4. The third kappa shape index (κ3) is 2.84. The summed E-state index contributed by atoms with van der Waals surface area (Å²) in [5, 5.41) is 0. The highest BCUT2D eigenvalue weighted by Crippen LogP contribution is 2.32. The van der Waals surface area contributed by atoms with E-state index < -0.39 is 0 Å². The fraction of sp³-hybridized carbons (Fsp3) is 0.467. The maximum Gasteiger partial charge on any atom is 0.123 e. The summed E-state index contributed by atoms with van der Waals surface area (Å²) in [6.45, 7) is 9.76. The largest absolute Gasteiger partial charge is 0.347 e. The molecule has 0 radical (unpaired) electrons. The summed E-state index contributed by atoms with van der Waals surface area (Å²) in [6, 6.07) is 0.613. The van der Waals surface area contributed by atoms with E-state index >= 15 is 0 Å². The molecule has 0 spiro atoms. The van der Waals surface area contributed by atoms with Crippen LogP contribution in [-0.2, 0) is 0 Å². The third-order valence-electron chi connectivity index (χ3n) is 3.76. The number of H-pyrrole nitrogens is 1. The molecule has 1 aromatic heterocycles. The van der Waals surface area contributed by atoms with E-state index in [0.717, 1.165) is 30.0 Å². The first-order valence-electron chi connectivity index (χ1n) is 6.70. The van der Waals surface area contributed by atoms with Crippen LogP contribution < -0.4 is 0 Å². The van der Waals surface area contributed by atoms with Crippen LogP contribution in [0.2, 0.25) is 0 Å². The van der Waals surface area contributed by atoms with Gasteiger partial charge in [0.25, 0.3) is 0 Å². The first-order chi connectivity index (χ1) is 9.15. The first-order valence-corrected chi connectivity index (χ1v) is 6.70. The number of imidazole rings is 1. The van der Waals surface area contributed by atoms with Crippen molar-refractivity contribution in [3.63, 3.8) is 0 Å². The van der Waals surface area contributed by atoms with Crippen LogP contribution in [0, 0.1) is 0 Å². The maximum absolute atomic E-state index is 4.42. The zero-order valence-electron chi connectivity index (χ0n) is 11.8. The minimum atomic E-state index is 0.291. The van der Waals surface area contributed by atoms with Gasteiger partial charge in [-0.15, -0.1) is 0 Å². The van der Waals surface area contributed by atoms with Gasteiger partial charge in [-0.25, -0.2) is 4.98 Å². The average Bonchev–Trinajstić information content (AvgIpc) is 2.90. The van der Waals surface area contributed by atoms with Gasteiger partial charge in [0, 0.05) is 18.6 Å². The van der Waals surface area contributed by atoms with Crippen molar-refractivity contribution in [2.75, 3.05) is 7.05 Å². The standard InChI is InChI=1S/C15H22N4/c1-5-16-14(11(2)3)12-7-6-8-13(19(12)4)15-17-9-10-18-15/h5,9-10,12-13H,1-2,6-8H2,3-4H3,(H,17,18). The molecule has 2 unspecified atom stereocenters. The van der Waals surface area contributed by atoms with Gasteiger partial charge in [-0.1, -0.05) is 13.2 Å². The summed E-state index contributed by atoms with van der Waals surface area (Å²) in [5.74, 6) is 1.03. The van der Waals surface area contributed by atoms with Gasteiger partial charge >= 0.3 is 0 Å². The Balaban J connectivity index is 2.25. The molecule has 1 aromatic rings. The van der Waals surface area contributed by atoms with Gasteiger partial charge in [0.1, 0.15) is 5.82 Å². The lowest BCUT2D eigenvalue weighted by molar-refractivity contribution is 0.148. The number of nitrogens with zero attached hydrogens (tertiary/aromatic N) is 3. The van der Waals surface area contributed by atoms with E-state index in [-0.39, 0.29) is 0 Å². The SMILES string of the molecule is C=CN=C(C(=C)C)C1CCCC(c2ncc[nH]2)N1C. The van der Waals surface area contributed by atoms with Crippen LogP contribution in [-0.4, -0.2) is 33.7 Å².